The Morgan fingerprint density at radius 3 is 1.82 bits per heavy atom. The van der Waals surface area contributed by atoms with Crippen molar-refractivity contribution in [3.05, 3.63) is 0 Å². The van der Waals surface area contributed by atoms with Crippen molar-refractivity contribution in [2.45, 2.75) is 56.5 Å². The maximum Gasteiger partial charge on any atom is 0.355 e. The van der Waals surface area contributed by atoms with Gasteiger partial charge in [-0.3, -0.25) is 0 Å². The van der Waals surface area contributed by atoms with Gasteiger partial charge in [0.25, 0.3) is 0 Å². The van der Waals surface area contributed by atoms with E-state index < -0.39 is 30.3 Å². The first-order valence-corrected chi connectivity index (χ1v) is 5.08. The number of unbranched alkanes of at least 4 members (excludes halogenated alkanes) is 2. The summed E-state index contributed by atoms with van der Waals surface area (Å²) in [6.07, 6.45) is -2.87. The molecule has 0 aliphatic rings. The summed E-state index contributed by atoms with van der Waals surface area (Å²) in [5, 5.41) is 33.2. The van der Waals surface area contributed by atoms with Crippen molar-refractivity contribution in [2.75, 3.05) is 0 Å². The Morgan fingerprint density at radius 2 is 1.47 bits per heavy atom. The van der Waals surface area contributed by atoms with Crippen LogP contribution in [0.15, 0.2) is 0 Å². The molecular formula is C9H16F4O4. The van der Waals surface area contributed by atoms with Gasteiger partial charge in [-0.25, -0.2) is 4.39 Å². The Bertz CT molecular complexity index is 240. The molecule has 0 rings (SSSR count). The standard InChI is InChI=1S/C9H16F4O4/c1-2-3-4-5-6(10)7(11,12)8(13,14)9(15,16)17/h6,14-17H,2-5H2,1H3. The average molecular weight is 264 g/mol. The van der Waals surface area contributed by atoms with E-state index in [1.807, 2.05) is 0 Å². The third-order valence-corrected chi connectivity index (χ3v) is 2.34. The molecule has 0 spiro atoms. The van der Waals surface area contributed by atoms with Gasteiger partial charge < -0.3 is 20.4 Å². The quantitative estimate of drug-likeness (QED) is 0.312. The highest BCUT2D eigenvalue weighted by atomic mass is 19.3. The van der Waals surface area contributed by atoms with E-state index in [2.05, 4.69) is 0 Å². The van der Waals surface area contributed by atoms with Gasteiger partial charge in [0.2, 0.25) is 0 Å². The summed E-state index contributed by atoms with van der Waals surface area (Å²) < 4.78 is 52.1. The lowest BCUT2D eigenvalue weighted by Gasteiger charge is -2.35. The van der Waals surface area contributed by atoms with Crippen LogP contribution in [0, 0.1) is 0 Å². The first-order valence-electron chi connectivity index (χ1n) is 5.08. The molecule has 0 aromatic heterocycles. The molecule has 0 saturated carbocycles. The van der Waals surface area contributed by atoms with E-state index in [0.29, 0.717) is 12.8 Å². The van der Waals surface area contributed by atoms with Crippen LogP contribution in [-0.2, 0) is 0 Å². The Labute approximate surface area is 95.5 Å². The van der Waals surface area contributed by atoms with Gasteiger partial charge in [-0.2, -0.15) is 13.2 Å². The minimum Gasteiger partial charge on any atom is -0.351 e. The second-order valence-electron chi connectivity index (χ2n) is 3.84. The maximum absolute atomic E-state index is 13.0. The zero-order valence-electron chi connectivity index (χ0n) is 9.21. The smallest absolute Gasteiger partial charge is 0.351 e. The average Bonchev–Trinajstić information content (AvgIpc) is 2.15. The number of alkyl halides is 4. The molecule has 4 nitrogen and oxygen atoms in total. The predicted octanol–water partition coefficient (Wildman–Crippen LogP) is 0.829. The van der Waals surface area contributed by atoms with Gasteiger partial charge in [0, 0.05) is 0 Å². The van der Waals surface area contributed by atoms with Crippen molar-refractivity contribution in [2.24, 2.45) is 0 Å². The highest BCUT2D eigenvalue weighted by Gasteiger charge is 2.70. The lowest BCUT2D eigenvalue weighted by molar-refractivity contribution is -0.471. The predicted molar refractivity (Wildman–Crippen MR) is 49.4 cm³/mol. The van der Waals surface area contributed by atoms with Crippen molar-refractivity contribution in [1.29, 1.82) is 0 Å². The van der Waals surface area contributed by atoms with Crippen molar-refractivity contribution in [3.63, 3.8) is 0 Å². The fourth-order valence-corrected chi connectivity index (χ4v) is 1.19. The molecule has 0 saturated heterocycles. The number of aliphatic hydroxyl groups is 4. The van der Waals surface area contributed by atoms with E-state index in [-0.39, 0.29) is 6.42 Å². The van der Waals surface area contributed by atoms with E-state index in [0.717, 1.165) is 0 Å². The molecule has 4 N–H and O–H groups in total. The van der Waals surface area contributed by atoms with Crippen LogP contribution in [-0.4, -0.2) is 44.3 Å². The number of hydrogen-bond donors (Lipinski definition) is 4. The minimum absolute atomic E-state index is 0.0125. The first-order chi connectivity index (χ1) is 7.48. The maximum atomic E-state index is 13.0. The summed E-state index contributed by atoms with van der Waals surface area (Å²) in [5.41, 5.74) is 0. The molecule has 104 valence electrons. The summed E-state index contributed by atoms with van der Waals surface area (Å²) in [5.74, 6) is -15.1. The second kappa shape index (κ2) is 5.47. The molecule has 0 heterocycles. The summed E-state index contributed by atoms with van der Waals surface area (Å²) in [4.78, 5) is 0. The van der Waals surface area contributed by atoms with Crippen LogP contribution in [0.3, 0.4) is 0 Å². The van der Waals surface area contributed by atoms with Crippen molar-refractivity contribution < 1.29 is 38.0 Å². The van der Waals surface area contributed by atoms with Gasteiger partial charge in [0.1, 0.15) is 0 Å². The van der Waals surface area contributed by atoms with Crippen LogP contribution in [0.5, 0.6) is 0 Å². The minimum atomic E-state index is -5.19. The molecule has 2 unspecified atom stereocenters. The molecule has 0 bridgehead atoms. The molecule has 0 aromatic rings. The molecule has 0 amide bonds. The molecular weight excluding hydrogens is 248 g/mol. The SMILES string of the molecule is CCCCCC(F)C(F)(F)C(O)(F)C(O)(O)O. The fraction of sp³-hybridized carbons (Fsp3) is 1.00. The molecule has 0 fully saturated rings. The monoisotopic (exact) mass is 264 g/mol. The van der Waals surface area contributed by atoms with Crippen LogP contribution in [0.25, 0.3) is 0 Å². The zero-order valence-corrected chi connectivity index (χ0v) is 9.21. The Morgan fingerprint density at radius 1 is 1.00 bits per heavy atom. The summed E-state index contributed by atoms with van der Waals surface area (Å²) in [7, 11) is 0. The van der Waals surface area contributed by atoms with E-state index in [1.54, 1.807) is 6.92 Å². The number of hydrogen-bond acceptors (Lipinski definition) is 4. The second-order valence-corrected chi connectivity index (χ2v) is 3.84. The Balaban J connectivity index is 4.75. The number of halogens is 4. The highest BCUT2D eigenvalue weighted by molar-refractivity contribution is 4.94. The van der Waals surface area contributed by atoms with Crippen LogP contribution in [0.4, 0.5) is 17.6 Å². The van der Waals surface area contributed by atoms with E-state index in [1.165, 1.54) is 0 Å². The first kappa shape index (κ1) is 16.6. The molecule has 8 heteroatoms. The molecule has 0 aromatic carbocycles. The molecule has 2 atom stereocenters. The number of rotatable bonds is 7. The Hall–Kier alpha value is -0.440. The van der Waals surface area contributed by atoms with Gasteiger partial charge in [-0.05, 0) is 6.42 Å². The molecule has 0 aliphatic carbocycles. The molecule has 0 aliphatic heterocycles. The van der Waals surface area contributed by atoms with Crippen molar-refractivity contribution in [1.82, 2.24) is 0 Å². The van der Waals surface area contributed by atoms with Crippen LogP contribution in [0.1, 0.15) is 32.6 Å². The Kier molecular flexibility index (Phi) is 5.33. The largest absolute Gasteiger partial charge is 0.355 e. The highest BCUT2D eigenvalue weighted by Crippen LogP contribution is 2.41. The van der Waals surface area contributed by atoms with Gasteiger partial charge in [0.05, 0.1) is 0 Å². The van der Waals surface area contributed by atoms with Crippen molar-refractivity contribution >= 4 is 0 Å². The van der Waals surface area contributed by atoms with Gasteiger partial charge in [-0.15, -0.1) is 0 Å². The summed E-state index contributed by atoms with van der Waals surface area (Å²) in [6.45, 7) is 1.73. The molecule has 17 heavy (non-hydrogen) atoms. The van der Waals surface area contributed by atoms with Crippen molar-refractivity contribution in [3.8, 4) is 0 Å². The van der Waals surface area contributed by atoms with E-state index >= 15 is 0 Å². The van der Waals surface area contributed by atoms with E-state index in [4.69, 9.17) is 20.4 Å². The lowest BCUT2D eigenvalue weighted by atomic mass is 9.99. The summed E-state index contributed by atoms with van der Waals surface area (Å²) >= 11 is 0. The van der Waals surface area contributed by atoms with Crippen LogP contribution >= 0.6 is 0 Å². The zero-order chi connectivity index (χ0) is 13.9. The molecule has 0 radical (unpaired) electrons. The van der Waals surface area contributed by atoms with Crippen LogP contribution < -0.4 is 0 Å². The fourth-order valence-electron chi connectivity index (χ4n) is 1.19. The van der Waals surface area contributed by atoms with Gasteiger partial charge in [0.15, 0.2) is 6.17 Å². The lowest BCUT2D eigenvalue weighted by Crippen LogP contribution is -2.64. The third-order valence-electron chi connectivity index (χ3n) is 2.34. The normalized spacial score (nSPS) is 18.9. The topological polar surface area (TPSA) is 80.9 Å². The van der Waals surface area contributed by atoms with Crippen LogP contribution in [0.2, 0.25) is 0 Å². The van der Waals surface area contributed by atoms with Gasteiger partial charge in [-0.1, -0.05) is 26.2 Å². The van der Waals surface area contributed by atoms with E-state index in [9.17, 15) is 17.6 Å². The van der Waals surface area contributed by atoms with Gasteiger partial charge >= 0.3 is 17.8 Å². The third kappa shape index (κ3) is 3.51. The summed E-state index contributed by atoms with van der Waals surface area (Å²) in [6, 6.07) is 0.